The van der Waals surface area contributed by atoms with Crippen LogP contribution in [-0.4, -0.2) is 4.57 Å². The van der Waals surface area contributed by atoms with Gasteiger partial charge in [0.2, 0.25) is 0 Å². The first-order valence-corrected chi connectivity index (χ1v) is 6.63. The zero-order valence-corrected chi connectivity index (χ0v) is 11.1. The van der Waals surface area contributed by atoms with Crippen molar-refractivity contribution in [2.24, 2.45) is 7.05 Å². The van der Waals surface area contributed by atoms with E-state index in [2.05, 4.69) is 73.1 Å². The number of aromatic nitrogens is 1. The number of hydrogen-bond donors (Lipinski definition) is 0. The summed E-state index contributed by atoms with van der Waals surface area (Å²) in [7, 11) is 2.15. The van der Waals surface area contributed by atoms with E-state index >= 15 is 0 Å². The summed E-state index contributed by atoms with van der Waals surface area (Å²) in [4.78, 5) is 0. The highest BCUT2D eigenvalue weighted by Gasteiger charge is 2.11. The molecule has 0 saturated heterocycles. The van der Waals surface area contributed by atoms with Crippen molar-refractivity contribution in [3.63, 3.8) is 0 Å². The molecular weight excluding hydrogens is 230 g/mol. The van der Waals surface area contributed by atoms with Gasteiger partial charge in [-0.05, 0) is 35.4 Å². The molecule has 19 heavy (non-hydrogen) atoms. The first-order valence-electron chi connectivity index (χ1n) is 6.63. The molecule has 1 heteroatoms. The molecule has 0 spiro atoms. The summed E-state index contributed by atoms with van der Waals surface area (Å²) in [6.45, 7) is 2.23. The van der Waals surface area contributed by atoms with Crippen molar-refractivity contribution in [2.75, 3.05) is 0 Å². The van der Waals surface area contributed by atoms with Gasteiger partial charge in [0.1, 0.15) is 0 Å². The summed E-state index contributed by atoms with van der Waals surface area (Å²) in [5.41, 5.74) is 4.00. The van der Waals surface area contributed by atoms with E-state index in [1.54, 1.807) is 0 Å². The van der Waals surface area contributed by atoms with E-state index in [1.807, 2.05) is 0 Å². The highest BCUT2D eigenvalue weighted by atomic mass is 14.9. The maximum atomic E-state index is 2.30. The standard InChI is InChI=1S/C18H15N/c1-12-14-8-4-3-7-13(14)11-17-18(12)15-9-5-6-10-16(15)19(17)2/h3-11H,1-2H3. The van der Waals surface area contributed by atoms with E-state index in [-0.39, 0.29) is 0 Å². The van der Waals surface area contributed by atoms with Crippen LogP contribution in [0.1, 0.15) is 5.56 Å². The minimum atomic E-state index is 1.30. The Morgan fingerprint density at radius 3 is 2.32 bits per heavy atom. The van der Waals surface area contributed by atoms with Crippen LogP contribution in [0.15, 0.2) is 54.6 Å². The summed E-state index contributed by atoms with van der Waals surface area (Å²) in [5.74, 6) is 0. The maximum Gasteiger partial charge on any atom is 0.0497 e. The second-order valence-electron chi connectivity index (χ2n) is 5.19. The Labute approximate surface area is 112 Å². The van der Waals surface area contributed by atoms with Gasteiger partial charge in [0, 0.05) is 28.9 Å². The Bertz CT molecular complexity index is 929. The number of para-hydroxylation sites is 1. The van der Waals surface area contributed by atoms with Gasteiger partial charge in [-0.1, -0.05) is 42.5 Å². The van der Waals surface area contributed by atoms with Crippen LogP contribution in [0.3, 0.4) is 0 Å². The predicted molar refractivity (Wildman–Crippen MR) is 82.7 cm³/mol. The minimum Gasteiger partial charge on any atom is -0.344 e. The topological polar surface area (TPSA) is 4.93 Å². The molecule has 0 aliphatic heterocycles. The molecule has 0 fully saturated rings. The van der Waals surface area contributed by atoms with Crippen LogP contribution in [0.2, 0.25) is 0 Å². The second kappa shape index (κ2) is 3.61. The molecule has 1 heterocycles. The summed E-state index contributed by atoms with van der Waals surface area (Å²) in [5, 5.41) is 5.41. The van der Waals surface area contributed by atoms with Gasteiger partial charge in [0.15, 0.2) is 0 Å². The van der Waals surface area contributed by atoms with Crippen LogP contribution in [0.4, 0.5) is 0 Å². The number of rotatable bonds is 0. The van der Waals surface area contributed by atoms with Crippen molar-refractivity contribution in [1.29, 1.82) is 0 Å². The molecule has 0 aliphatic carbocycles. The van der Waals surface area contributed by atoms with E-state index < -0.39 is 0 Å². The molecule has 0 unspecified atom stereocenters. The third-order valence-corrected chi connectivity index (χ3v) is 4.18. The molecule has 0 N–H and O–H groups in total. The molecule has 4 aromatic rings. The van der Waals surface area contributed by atoms with Crippen LogP contribution in [-0.2, 0) is 7.05 Å². The summed E-state index contributed by atoms with van der Waals surface area (Å²) in [6.07, 6.45) is 0. The fraction of sp³-hybridized carbons (Fsp3) is 0.111. The zero-order chi connectivity index (χ0) is 13.0. The van der Waals surface area contributed by atoms with Crippen LogP contribution in [0.25, 0.3) is 32.6 Å². The molecule has 0 atom stereocenters. The van der Waals surface area contributed by atoms with E-state index in [0.29, 0.717) is 0 Å². The van der Waals surface area contributed by atoms with Crippen molar-refractivity contribution in [1.82, 2.24) is 4.57 Å². The average Bonchev–Trinajstić information content (AvgIpc) is 2.74. The van der Waals surface area contributed by atoms with Crippen LogP contribution >= 0.6 is 0 Å². The highest BCUT2D eigenvalue weighted by molar-refractivity contribution is 6.15. The van der Waals surface area contributed by atoms with Gasteiger partial charge in [-0.3, -0.25) is 0 Å². The van der Waals surface area contributed by atoms with Gasteiger partial charge in [0.05, 0.1) is 0 Å². The monoisotopic (exact) mass is 245 g/mol. The third kappa shape index (κ3) is 1.30. The number of nitrogens with zero attached hydrogens (tertiary/aromatic N) is 1. The number of fused-ring (bicyclic) bond motifs is 4. The Balaban J connectivity index is 2.38. The lowest BCUT2D eigenvalue weighted by Gasteiger charge is -2.05. The molecular formula is C18H15N. The van der Waals surface area contributed by atoms with Gasteiger partial charge >= 0.3 is 0 Å². The lowest BCUT2D eigenvalue weighted by Crippen LogP contribution is -1.87. The first kappa shape index (κ1) is 10.6. The average molecular weight is 245 g/mol. The quantitative estimate of drug-likeness (QED) is 0.419. The van der Waals surface area contributed by atoms with Crippen molar-refractivity contribution in [3.8, 4) is 0 Å². The van der Waals surface area contributed by atoms with Crippen molar-refractivity contribution < 1.29 is 0 Å². The second-order valence-corrected chi connectivity index (χ2v) is 5.19. The van der Waals surface area contributed by atoms with Gasteiger partial charge in [-0.15, -0.1) is 0 Å². The fourth-order valence-corrected chi connectivity index (χ4v) is 3.22. The Morgan fingerprint density at radius 1 is 0.789 bits per heavy atom. The molecule has 1 nitrogen and oxygen atoms in total. The maximum absolute atomic E-state index is 2.30. The molecule has 0 bridgehead atoms. The molecule has 0 amide bonds. The summed E-state index contributed by atoms with van der Waals surface area (Å²) >= 11 is 0. The van der Waals surface area contributed by atoms with Gasteiger partial charge in [-0.2, -0.15) is 0 Å². The van der Waals surface area contributed by atoms with E-state index in [4.69, 9.17) is 0 Å². The Morgan fingerprint density at radius 2 is 1.47 bits per heavy atom. The SMILES string of the molecule is Cc1c2ccccc2cc2c1c1ccccc1n2C. The van der Waals surface area contributed by atoms with Crippen LogP contribution < -0.4 is 0 Å². The van der Waals surface area contributed by atoms with Crippen LogP contribution in [0.5, 0.6) is 0 Å². The fourth-order valence-electron chi connectivity index (χ4n) is 3.22. The number of aryl methyl sites for hydroxylation is 2. The Hall–Kier alpha value is -2.28. The van der Waals surface area contributed by atoms with Gasteiger partial charge < -0.3 is 4.57 Å². The van der Waals surface area contributed by atoms with E-state index in [0.717, 1.165) is 0 Å². The lowest BCUT2D eigenvalue weighted by atomic mass is 10.00. The molecule has 0 aliphatic rings. The molecule has 1 aromatic heterocycles. The van der Waals surface area contributed by atoms with Gasteiger partial charge in [0.25, 0.3) is 0 Å². The summed E-state index contributed by atoms with van der Waals surface area (Å²) in [6, 6.07) is 19.6. The lowest BCUT2D eigenvalue weighted by molar-refractivity contribution is 1.01. The predicted octanol–water partition coefficient (Wildman–Crippen LogP) is 4.79. The smallest absolute Gasteiger partial charge is 0.0497 e. The first-order chi connectivity index (χ1) is 9.27. The summed E-state index contributed by atoms with van der Waals surface area (Å²) < 4.78 is 2.30. The largest absolute Gasteiger partial charge is 0.344 e. The molecule has 92 valence electrons. The number of hydrogen-bond acceptors (Lipinski definition) is 0. The van der Waals surface area contributed by atoms with Crippen molar-refractivity contribution >= 4 is 32.6 Å². The van der Waals surface area contributed by atoms with Crippen molar-refractivity contribution in [3.05, 3.63) is 60.2 Å². The van der Waals surface area contributed by atoms with Crippen molar-refractivity contribution in [2.45, 2.75) is 6.92 Å². The highest BCUT2D eigenvalue weighted by Crippen LogP contribution is 2.34. The van der Waals surface area contributed by atoms with E-state index in [9.17, 15) is 0 Å². The van der Waals surface area contributed by atoms with Gasteiger partial charge in [-0.25, -0.2) is 0 Å². The molecule has 3 aromatic carbocycles. The number of benzene rings is 3. The van der Waals surface area contributed by atoms with Crippen LogP contribution in [0, 0.1) is 6.92 Å². The molecule has 0 saturated carbocycles. The molecule has 4 rings (SSSR count). The molecule has 0 radical (unpaired) electrons. The third-order valence-electron chi connectivity index (χ3n) is 4.18. The normalized spacial score (nSPS) is 11.7. The van der Waals surface area contributed by atoms with E-state index in [1.165, 1.54) is 38.1 Å². The zero-order valence-electron chi connectivity index (χ0n) is 11.1. The Kier molecular flexibility index (Phi) is 2.02. The minimum absolute atomic E-state index is 1.30.